The van der Waals surface area contributed by atoms with Gasteiger partial charge in [0.2, 0.25) is 0 Å². The van der Waals surface area contributed by atoms with Crippen LogP contribution in [0.3, 0.4) is 0 Å². The molecule has 0 bridgehead atoms. The molecule has 7 heteroatoms. The van der Waals surface area contributed by atoms with Crippen molar-refractivity contribution in [2.24, 2.45) is 11.3 Å². The molecule has 0 heterocycles. The molecule has 0 fully saturated rings. The van der Waals surface area contributed by atoms with Gasteiger partial charge in [-0.25, -0.2) is 0 Å². The van der Waals surface area contributed by atoms with Crippen molar-refractivity contribution in [1.29, 1.82) is 0 Å². The van der Waals surface area contributed by atoms with Crippen LogP contribution in [0, 0.1) is 11.3 Å². The van der Waals surface area contributed by atoms with Gasteiger partial charge in [0.15, 0.2) is 0 Å². The number of carbonyl (C=O) groups excluding carboxylic acids is 2. The van der Waals surface area contributed by atoms with E-state index in [-0.39, 0.29) is 19.3 Å². The minimum atomic E-state index is -1.06. The molecule has 7 nitrogen and oxygen atoms in total. The Morgan fingerprint density at radius 1 is 1.21 bits per heavy atom. The third-order valence-electron chi connectivity index (χ3n) is 3.95. The third-order valence-corrected chi connectivity index (χ3v) is 3.95. The minimum absolute atomic E-state index is 0.0548. The van der Waals surface area contributed by atoms with E-state index in [9.17, 15) is 24.6 Å². The molecule has 0 aromatic heterocycles. The Morgan fingerprint density at radius 2 is 1.79 bits per heavy atom. The Morgan fingerprint density at radius 3 is 2.25 bits per heavy atom. The van der Waals surface area contributed by atoms with Crippen LogP contribution in [-0.4, -0.2) is 47.4 Å². The van der Waals surface area contributed by atoms with Gasteiger partial charge in [0.25, 0.3) is 0 Å². The highest BCUT2D eigenvalue weighted by Gasteiger charge is 2.35. The van der Waals surface area contributed by atoms with Gasteiger partial charge in [-0.1, -0.05) is 6.92 Å². The van der Waals surface area contributed by atoms with Crippen molar-refractivity contribution in [3.8, 4) is 0 Å². The number of aliphatic hydroxyl groups excluding tert-OH is 1. The number of carboxylic acids is 1. The number of aliphatic hydroxyl groups is 1. The van der Waals surface area contributed by atoms with Crippen molar-refractivity contribution >= 4 is 17.9 Å². The fourth-order valence-corrected chi connectivity index (χ4v) is 2.46. The lowest BCUT2D eigenvalue weighted by molar-refractivity contribution is -0.154. The molecule has 3 unspecified atom stereocenters. The maximum absolute atomic E-state index is 11.8. The average Bonchev–Trinajstić information content (AvgIpc) is 2.49. The second-order valence-electron chi connectivity index (χ2n) is 6.75. The van der Waals surface area contributed by atoms with Crippen molar-refractivity contribution in [2.75, 3.05) is 7.11 Å². The van der Waals surface area contributed by atoms with E-state index in [1.54, 1.807) is 20.8 Å². The van der Waals surface area contributed by atoms with Gasteiger partial charge in [0.05, 0.1) is 24.5 Å². The standard InChI is InChI=1S/C17H30O7/c1-6-13(18)9-11(2)24-14(19)8-7-12(15(20)21)10-17(3,4)16(22)23-5/h11-13,18H,6-10H2,1-5H3,(H,20,21). The van der Waals surface area contributed by atoms with Crippen molar-refractivity contribution in [2.45, 2.75) is 72.0 Å². The number of hydrogen-bond acceptors (Lipinski definition) is 6. The first kappa shape index (κ1) is 22.4. The molecule has 0 aromatic carbocycles. The number of carboxylic acid groups (broad SMARTS) is 1. The Kier molecular flexibility index (Phi) is 9.58. The monoisotopic (exact) mass is 346 g/mol. The smallest absolute Gasteiger partial charge is 0.311 e. The van der Waals surface area contributed by atoms with E-state index in [1.165, 1.54) is 7.11 Å². The lowest BCUT2D eigenvalue weighted by atomic mass is 9.81. The van der Waals surface area contributed by atoms with Crippen LogP contribution in [0.2, 0.25) is 0 Å². The van der Waals surface area contributed by atoms with Crippen molar-refractivity contribution < 1.29 is 34.1 Å². The predicted molar refractivity (Wildman–Crippen MR) is 87.2 cm³/mol. The maximum atomic E-state index is 11.8. The Hall–Kier alpha value is -1.63. The Labute approximate surface area is 143 Å². The first-order valence-corrected chi connectivity index (χ1v) is 8.22. The highest BCUT2D eigenvalue weighted by Crippen LogP contribution is 2.29. The van der Waals surface area contributed by atoms with E-state index in [0.29, 0.717) is 12.8 Å². The predicted octanol–water partition coefficient (Wildman–Crippen LogP) is 2.15. The third kappa shape index (κ3) is 8.29. The van der Waals surface area contributed by atoms with Crippen LogP contribution in [0.15, 0.2) is 0 Å². The second kappa shape index (κ2) is 10.3. The number of aliphatic carboxylic acids is 1. The minimum Gasteiger partial charge on any atom is -0.481 e. The Bertz CT molecular complexity index is 431. The molecule has 0 rings (SSSR count). The van der Waals surface area contributed by atoms with E-state index in [1.807, 2.05) is 6.92 Å². The van der Waals surface area contributed by atoms with Gasteiger partial charge in [-0.3, -0.25) is 14.4 Å². The van der Waals surface area contributed by atoms with Crippen molar-refractivity contribution in [3.63, 3.8) is 0 Å². The molecule has 0 aliphatic heterocycles. The summed E-state index contributed by atoms with van der Waals surface area (Å²) in [7, 11) is 1.25. The van der Waals surface area contributed by atoms with E-state index in [0.717, 1.165) is 0 Å². The van der Waals surface area contributed by atoms with Crippen LogP contribution < -0.4 is 0 Å². The summed E-state index contributed by atoms with van der Waals surface area (Å²) in [6, 6.07) is 0. The molecule has 0 saturated heterocycles. The van der Waals surface area contributed by atoms with Crippen LogP contribution in [0.4, 0.5) is 0 Å². The maximum Gasteiger partial charge on any atom is 0.311 e. The zero-order valence-electron chi connectivity index (χ0n) is 15.2. The zero-order valence-corrected chi connectivity index (χ0v) is 15.2. The summed E-state index contributed by atoms with van der Waals surface area (Å²) in [4.78, 5) is 34.9. The molecule has 3 atom stereocenters. The lowest BCUT2D eigenvalue weighted by Crippen LogP contribution is -2.31. The first-order valence-electron chi connectivity index (χ1n) is 8.22. The second-order valence-corrected chi connectivity index (χ2v) is 6.75. The summed E-state index contributed by atoms with van der Waals surface area (Å²) < 4.78 is 9.84. The highest BCUT2D eigenvalue weighted by molar-refractivity contribution is 5.78. The molecule has 0 amide bonds. The van der Waals surface area contributed by atoms with Crippen LogP contribution in [0.1, 0.15) is 59.8 Å². The molecular weight excluding hydrogens is 316 g/mol. The molecule has 0 radical (unpaired) electrons. The number of methoxy groups -OCH3 is 1. The quantitative estimate of drug-likeness (QED) is 0.551. The highest BCUT2D eigenvalue weighted by atomic mass is 16.5. The van der Waals surface area contributed by atoms with Crippen LogP contribution in [-0.2, 0) is 23.9 Å². The molecule has 0 spiro atoms. The number of ether oxygens (including phenoxy) is 2. The number of carbonyl (C=O) groups is 3. The van der Waals surface area contributed by atoms with Crippen LogP contribution in [0.5, 0.6) is 0 Å². The fourth-order valence-electron chi connectivity index (χ4n) is 2.46. The Balaban J connectivity index is 4.52. The van der Waals surface area contributed by atoms with Gasteiger partial charge in [-0.05, 0) is 40.0 Å². The van der Waals surface area contributed by atoms with E-state index >= 15 is 0 Å². The topological polar surface area (TPSA) is 110 Å². The summed E-state index contributed by atoms with van der Waals surface area (Å²) in [6.07, 6.45) is 0.0683. The molecule has 0 aliphatic carbocycles. The number of rotatable bonds is 11. The van der Waals surface area contributed by atoms with E-state index < -0.39 is 41.4 Å². The lowest BCUT2D eigenvalue weighted by Gasteiger charge is -2.25. The van der Waals surface area contributed by atoms with Crippen LogP contribution in [0.25, 0.3) is 0 Å². The van der Waals surface area contributed by atoms with Gasteiger partial charge in [0.1, 0.15) is 6.10 Å². The summed E-state index contributed by atoms with van der Waals surface area (Å²) in [5.74, 6) is -2.90. The molecular formula is C17H30O7. The fraction of sp³-hybridized carbons (Fsp3) is 0.824. The van der Waals surface area contributed by atoms with Gasteiger partial charge in [0, 0.05) is 12.8 Å². The van der Waals surface area contributed by atoms with Crippen LogP contribution >= 0.6 is 0 Å². The van der Waals surface area contributed by atoms with Crippen molar-refractivity contribution in [1.82, 2.24) is 0 Å². The van der Waals surface area contributed by atoms with E-state index in [2.05, 4.69) is 4.74 Å². The SMILES string of the molecule is CCC(O)CC(C)OC(=O)CCC(CC(C)(C)C(=O)OC)C(=O)O. The zero-order chi connectivity index (χ0) is 18.9. The van der Waals surface area contributed by atoms with Gasteiger partial charge in [-0.15, -0.1) is 0 Å². The number of esters is 2. The van der Waals surface area contributed by atoms with Crippen molar-refractivity contribution in [3.05, 3.63) is 0 Å². The summed E-state index contributed by atoms with van der Waals surface area (Å²) in [5, 5.41) is 18.8. The average molecular weight is 346 g/mol. The number of hydrogen-bond donors (Lipinski definition) is 2. The molecule has 2 N–H and O–H groups in total. The summed E-state index contributed by atoms with van der Waals surface area (Å²) in [6.45, 7) is 6.74. The van der Waals surface area contributed by atoms with E-state index in [4.69, 9.17) is 4.74 Å². The van der Waals surface area contributed by atoms with Gasteiger partial charge < -0.3 is 19.7 Å². The first-order chi connectivity index (χ1) is 11.0. The summed E-state index contributed by atoms with van der Waals surface area (Å²) >= 11 is 0. The molecule has 0 saturated carbocycles. The summed E-state index contributed by atoms with van der Waals surface area (Å²) in [5.41, 5.74) is -0.944. The molecule has 24 heavy (non-hydrogen) atoms. The van der Waals surface area contributed by atoms with Gasteiger partial charge >= 0.3 is 17.9 Å². The normalized spacial score (nSPS) is 15.2. The molecule has 140 valence electrons. The molecule has 0 aliphatic rings. The van der Waals surface area contributed by atoms with Gasteiger partial charge in [-0.2, -0.15) is 0 Å². The molecule has 0 aromatic rings. The largest absolute Gasteiger partial charge is 0.481 e.